The van der Waals surface area contributed by atoms with Crippen molar-refractivity contribution in [1.82, 2.24) is 15.2 Å². The lowest BCUT2D eigenvalue weighted by Crippen LogP contribution is -2.71. The van der Waals surface area contributed by atoms with Gasteiger partial charge in [-0.25, -0.2) is 14.6 Å². The van der Waals surface area contributed by atoms with Gasteiger partial charge < -0.3 is 30.8 Å². The van der Waals surface area contributed by atoms with Gasteiger partial charge in [-0.05, 0) is 13.0 Å². The number of carbonyl (C=O) groups excluding carboxylic acids is 2. The zero-order chi connectivity index (χ0) is 28.4. The molecule has 17 heteroatoms. The topological polar surface area (TPSA) is 198 Å². The Morgan fingerprint density at radius 3 is 2.77 bits per heavy atom. The standard InChI is InChI=1S/C22H21ClN6O8S2/c1-9(20(32)33)37-27-13(12-16(23)39-22(24)26-12)17(30)25-14-18(31)29-15(21(34)35)10(8-38-19(14)29)6-28-5-3-4-11(7-28)36-2/h3-5,7,9,14,19H,6,8H2,1-2H3,(H4-,24,25,26,30,32,33,34,35)/p+1/b27-13-/t9-,14+,19+/m0/s1. The highest BCUT2D eigenvalue weighted by Gasteiger charge is 2.55. The third-order valence-corrected chi connectivity index (χ3v) is 8.09. The van der Waals surface area contributed by atoms with E-state index < -0.39 is 47.0 Å². The predicted molar refractivity (Wildman–Crippen MR) is 139 cm³/mol. The van der Waals surface area contributed by atoms with Crippen molar-refractivity contribution in [3.63, 3.8) is 0 Å². The summed E-state index contributed by atoms with van der Waals surface area (Å²) in [5, 5.41) is 24.4. The SMILES string of the molecule is COc1ccc[n+](CC2=C(C(=O)O)N3C(=O)[C@@H](NC(=O)/C(=N\O[C@@H](C)C(=O)O)c4nc(N)sc4Cl)[C@H]3SC2)c1. The number of anilines is 1. The Balaban J connectivity index is 1.56. The van der Waals surface area contributed by atoms with Crippen LogP contribution in [-0.2, 0) is 30.6 Å². The molecule has 5 N–H and O–H groups in total. The summed E-state index contributed by atoms with van der Waals surface area (Å²) < 4.78 is 6.95. The van der Waals surface area contributed by atoms with Crippen LogP contribution in [0.5, 0.6) is 5.75 Å². The van der Waals surface area contributed by atoms with Crippen LogP contribution >= 0.6 is 34.7 Å². The van der Waals surface area contributed by atoms with Crippen molar-refractivity contribution in [2.45, 2.75) is 31.0 Å². The molecule has 0 spiro atoms. The molecular formula is C22H22ClN6O8S2+. The fraction of sp³-hybridized carbons (Fsp3) is 0.318. The van der Waals surface area contributed by atoms with Crippen LogP contribution < -0.4 is 20.4 Å². The smallest absolute Gasteiger partial charge is 0.352 e. The van der Waals surface area contributed by atoms with Gasteiger partial charge in [-0.2, -0.15) is 4.57 Å². The van der Waals surface area contributed by atoms with E-state index >= 15 is 0 Å². The Bertz CT molecular complexity index is 1410. The minimum atomic E-state index is -1.40. The molecule has 0 radical (unpaired) electrons. The fourth-order valence-corrected chi connectivity index (χ4v) is 6.05. The van der Waals surface area contributed by atoms with Crippen molar-refractivity contribution in [2.75, 3.05) is 18.6 Å². The number of nitrogens with zero attached hydrogens (tertiary/aromatic N) is 4. The Morgan fingerprint density at radius 1 is 1.41 bits per heavy atom. The molecule has 206 valence electrons. The minimum Gasteiger partial charge on any atom is -0.491 e. The number of halogens is 1. The van der Waals surface area contributed by atoms with Crippen molar-refractivity contribution in [3.8, 4) is 5.75 Å². The Labute approximate surface area is 234 Å². The normalized spacial score (nSPS) is 19.6. The van der Waals surface area contributed by atoms with Crippen LogP contribution in [0.2, 0.25) is 4.34 Å². The number of nitrogens with one attached hydrogen (secondary N) is 1. The molecule has 2 aliphatic heterocycles. The lowest BCUT2D eigenvalue weighted by molar-refractivity contribution is -0.689. The van der Waals surface area contributed by atoms with Crippen molar-refractivity contribution < 1.29 is 43.5 Å². The molecule has 2 aliphatic rings. The van der Waals surface area contributed by atoms with Gasteiger partial charge in [-0.1, -0.05) is 28.1 Å². The van der Waals surface area contributed by atoms with Gasteiger partial charge in [0.1, 0.15) is 27.1 Å². The van der Waals surface area contributed by atoms with Crippen molar-refractivity contribution in [2.24, 2.45) is 5.16 Å². The molecule has 1 fully saturated rings. The molecule has 0 aromatic carbocycles. The van der Waals surface area contributed by atoms with Crippen LogP contribution in [0.25, 0.3) is 0 Å². The molecule has 0 bridgehead atoms. The Kier molecular flexibility index (Phi) is 8.27. The molecule has 39 heavy (non-hydrogen) atoms. The monoisotopic (exact) mass is 597 g/mol. The number of carbonyl (C=O) groups is 4. The summed E-state index contributed by atoms with van der Waals surface area (Å²) in [7, 11) is 1.52. The first-order valence-electron chi connectivity index (χ1n) is 11.1. The van der Waals surface area contributed by atoms with Crippen molar-refractivity contribution >= 4 is 69.3 Å². The van der Waals surface area contributed by atoms with Crippen LogP contribution in [0.1, 0.15) is 12.6 Å². The highest BCUT2D eigenvalue weighted by atomic mass is 35.5. The first-order chi connectivity index (χ1) is 18.5. The molecule has 4 heterocycles. The molecule has 3 atom stereocenters. The van der Waals surface area contributed by atoms with E-state index in [9.17, 15) is 24.3 Å². The van der Waals surface area contributed by atoms with Gasteiger partial charge >= 0.3 is 11.9 Å². The Hall–Kier alpha value is -3.89. The molecule has 14 nitrogen and oxygen atoms in total. The number of aromatic nitrogens is 2. The van der Waals surface area contributed by atoms with Crippen LogP contribution in [0, 0.1) is 0 Å². The second-order valence-electron chi connectivity index (χ2n) is 8.23. The van der Waals surface area contributed by atoms with Gasteiger partial charge in [0.2, 0.25) is 12.3 Å². The van der Waals surface area contributed by atoms with E-state index in [1.807, 2.05) is 0 Å². The number of carboxylic acids is 2. The van der Waals surface area contributed by atoms with Crippen molar-refractivity contribution in [3.05, 3.63) is 45.8 Å². The van der Waals surface area contributed by atoms with E-state index in [1.165, 1.54) is 25.8 Å². The fourth-order valence-electron chi connectivity index (χ4n) is 3.78. The zero-order valence-corrected chi connectivity index (χ0v) is 22.7. The number of fused-ring (bicyclic) bond motifs is 1. The quantitative estimate of drug-likeness (QED) is 0.127. The van der Waals surface area contributed by atoms with Gasteiger partial charge in [-0.15, -0.1) is 11.8 Å². The number of carboxylic acid groups (broad SMARTS) is 2. The molecule has 0 aliphatic carbocycles. The van der Waals surface area contributed by atoms with Gasteiger partial charge in [0, 0.05) is 17.4 Å². The summed E-state index contributed by atoms with van der Waals surface area (Å²) in [6.07, 6.45) is 2.05. The number of hydrogen-bond donors (Lipinski definition) is 4. The molecule has 2 aromatic heterocycles. The lowest BCUT2D eigenvalue weighted by Gasteiger charge is -2.49. The summed E-state index contributed by atoms with van der Waals surface area (Å²) >= 11 is 8.26. The van der Waals surface area contributed by atoms with E-state index in [0.717, 1.165) is 16.2 Å². The average Bonchev–Trinajstić information content (AvgIpc) is 3.23. The molecule has 2 aromatic rings. The molecule has 0 unspecified atom stereocenters. The van der Waals surface area contributed by atoms with Gasteiger partial charge in [0.25, 0.3) is 11.8 Å². The third kappa shape index (κ3) is 5.76. The van der Waals surface area contributed by atoms with Crippen LogP contribution in [0.3, 0.4) is 0 Å². The van der Waals surface area contributed by atoms with Crippen molar-refractivity contribution in [1.29, 1.82) is 0 Å². The summed E-state index contributed by atoms with van der Waals surface area (Å²) in [5.74, 6) is -3.32. The van der Waals surface area contributed by atoms with E-state index in [4.69, 9.17) is 32.0 Å². The number of rotatable bonds is 10. The second-order valence-corrected chi connectivity index (χ2v) is 11.0. The number of nitrogen functional groups attached to an aromatic ring is 1. The van der Waals surface area contributed by atoms with E-state index in [0.29, 0.717) is 11.3 Å². The molecule has 2 amide bonds. The molecule has 0 saturated carbocycles. The molecule has 1 saturated heterocycles. The minimum absolute atomic E-state index is 0.00244. The zero-order valence-electron chi connectivity index (χ0n) is 20.4. The Morgan fingerprint density at radius 2 is 2.15 bits per heavy atom. The van der Waals surface area contributed by atoms with Gasteiger partial charge in [0.05, 0.1) is 7.11 Å². The van der Waals surface area contributed by atoms with E-state index in [2.05, 4.69) is 15.5 Å². The number of pyridine rings is 1. The lowest BCUT2D eigenvalue weighted by atomic mass is 10.0. The summed E-state index contributed by atoms with van der Waals surface area (Å²) in [4.78, 5) is 59.5. The van der Waals surface area contributed by atoms with Crippen LogP contribution in [0.4, 0.5) is 5.13 Å². The van der Waals surface area contributed by atoms with Gasteiger partial charge in [-0.3, -0.25) is 14.5 Å². The van der Waals surface area contributed by atoms with Crippen LogP contribution in [-0.4, -0.2) is 79.9 Å². The number of thiazole rings is 1. The summed E-state index contributed by atoms with van der Waals surface area (Å²) in [5.41, 5.74) is 5.37. The second kappa shape index (κ2) is 11.5. The average molecular weight is 598 g/mol. The number of hydrogen-bond acceptors (Lipinski definition) is 11. The number of aliphatic carboxylic acids is 2. The number of ether oxygens (including phenoxy) is 1. The number of thioether (sulfide) groups is 1. The summed E-state index contributed by atoms with van der Waals surface area (Å²) in [6, 6.07) is 2.40. The predicted octanol–water partition coefficient (Wildman–Crippen LogP) is 0.307. The first-order valence-corrected chi connectivity index (χ1v) is 13.4. The van der Waals surface area contributed by atoms with E-state index in [1.54, 1.807) is 29.1 Å². The molecule has 4 rings (SSSR count). The first kappa shape index (κ1) is 28.1. The third-order valence-electron chi connectivity index (χ3n) is 5.67. The maximum absolute atomic E-state index is 13.2. The van der Waals surface area contributed by atoms with E-state index in [-0.39, 0.29) is 33.2 Å². The maximum atomic E-state index is 13.2. The largest absolute Gasteiger partial charge is 0.491 e. The number of amides is 2. The summed E-state index contributed by atoms with van der Waals surface area (Å²) in [6.45, 7) is 1.41. The number of β-lactam (4-membered cyclic amide) rings is 1. The molecular weight excluding hydrogens is 576 g/mol. The maximum Gasteiger partial charge on any atom is 0.352 e. The highest BCUT2D eigenvalue weighted by Crippen LogP contribution is 2.40. The highest BCUT2D eigenvalue weighted by molar-refractivity contribution is 8.00. The number of methoxy groups -OCH3 is 1. The number of nitrogens with two attached hydrogens (primary N) is 1. The van der Waals surface area contributed by atoms with Crippen LogP contribution in [0.15, 0.2) is 41.0 Å². The van der Waals surface area contributed by atoms with Gasteiger partial charge in [0.15, 0.2) is 29.3 Å². The number of oxime groups is 1.